The fourth-order valence-corrected chi connectivity index (χ4v) is 2.02. The van der Waals surface area contributed by atoms with Crippen molar-refractivity contribution in [3.8, 4) is 5.75 Å². The average Bonchev–Trinajstić information content (AvgIpc) is 2.46. The van der Waals surface area contributed by atoms with E-state index in [0.29, 0.717) is 6.54 Å². The molecule has 2 rings (SSSR count). The summed E-state index contributed by atoms with van der Waals surface area (Å²) in [5.41, 5.74) is 4.06. The van der Waals surface area contributed by atoms with Gasteiger partial charge in [-0.15, -0.1) is 0 Å². The zero-order valence-electron chi connectivity index (χ0n) is 11.7. The molecule has 1 heterocycles. The molecule has 0 bridgehead atoms. The maximum Gasteiger partial charge on any atom is 0.260 e. The number of nitrogens with zero attached hydrogens (tertiary/aromatic N) is 1. The summed E-state index contributed by atoms with van der Waals surface area (Å²) in [6.45, 7) is 1.83. The molecule has 21 heavy (non-hydrogen) atoms. The van der Waals surface area contributed by atoms with Crippen molar-refractivity contribution in [2.45, 2.75) is 12.5 Å². The maximum absolute atomic E-state index is 13.4. The highest BCUT2D eigenvalue weighted by molar-refractivity contribution is 5.85. The van der Waals surface area contributed by atoms with Crippen LogP contribution in [0.1, 0.15) is 6.92 Å². The number of hydrogen-bond acceptors (Lipinski definition) is 4. The molecule has 0 saturated carbocycles. The Labute approximate surface area is 121 Å². The van der Waals surface area contributed by atoms with Gasteiger partial charge in [0.1, 0.15) is 0 Å². The monoisotopic (exact) mass is 296 g/mol. The normalized spacial score (nSPS) is 21.9. The first-order valence-corrected chi connectivity index (χ1v) is 6.51. The number of nitrogens with two attached hydrogens (primary N) is 1. The van der Waals surface area contributed by atoms with Crippen LogP contribution in [-0.2, 0) is 14.3 Å². The number of primary amides is 1. The van der Waals surface area contributed by atoms with Gasteiger partial charge in [0, 0.05) is 6.54 Å². The smallest absolute Gasteiger partial charge is 0.260 e. The van der Waals surface area contributed by atoms with E-state index in [4.69, 9.17) is 15.2 Å². The van der Waals surface area contributed by atoms with E-state index in [9.17, 15) is 14.0 Å². The minimum absolute atomic E-state index is 0.0109. The molecular formula is C14H17FN2O4. The second-order valence-electron chi connectivity index (χ2n) is 4.98. The van der Waals surface area contributed by atoms with Gasteiger partial charge in [-0.1, -0.05) is 12.1 Å². The lowest BCUT2D eigenvalue weighted by Crippen LogP contribution is -2.58. The standard InChI is InChI=1S/C14H17FN2O4/c1-14(13(16)19)9-17(6-7-21-14)12(18)8-20-11-5-3-2-4-10(11)15/h2-5H,6-9H2,1H3,(H2,16,19)/t14-/m1/s1. The van der Waals surface area contributed by atoms with Gasteiger partial charge in [-0.2, -0.15) is 0 Å². The third-order valence-electron chi connectivity index (χ3n) is 3.34. The molecule has 2 amide bonds. The molecule has 2 N–H and O–H groups in total. The first-order chi connectivity index (χ1) is 9.92. The van der Waals surface area contributed by atoms with Crippen molar-refractivity contribution in [2.24, 2.45) is 5.73 Å². The van der Waals surface area contributed by atoms with Crippen LogP contribution in [0.25, 0.3) is 0 Å². The molecule has 0 unspecified atom stereocenters. The van der Waals surface area contributed by atoms with Gasteiger partial charge in [0.15, 0.2) is 23.8 Å². The molecule has 1 aliphatic rings. The number of amides is 2. The predicted molar refractivity (Wildman–Crippen MR) is 72.0 cm³/mol. The molecule has 1 aromatic rings. The highest BCUT2D eigenvalue weighted by Crippen LogP contribution is 2.18. The summed E-state index contributed by atoms with van der Waals surface area (Å²) in [7, 11) is 0. The summed E-state index contributed by atoms with van der Waals surface area (Å²) in [4.78, 5) is 24.8. The maximum atomic E-state index is 13.4. The highest BCUT2D eigenvalue weighted by Gasteiger charge is 2.39. The van der Waals surface area contributed by atoms with Crippen LogP contribution >= 0.6 is 0 Å². The predicted octanol–water partition coefficient (Wildman–Crippen LogP) is 0.307. The van der Waals surface area contributed by atoms with Crippen molar-refractivity contribution >= 4 is 11.8 Å². The Kier molecular flexibility index (Phi) is 4.42. The molecule has 1 saturated heterocycles. The van der Waals surface area contributed by atoms with E-state index in [-0.39, 0.29) is 31.4 Å². The van der Waals surface area contributed by atoms with Gasteiger partial charge >= 0.3 is 0 Å². The minimum Gasteiger partial charge on any atom is -0.481 e. The number of ether oxygens (including phenoxy) is 2. The highest BCUT2D eigenvalue weighted by atomic mass is 19.1. The van der Waals surface area contributed by atoms with E-state index in [0.717, 1.165) is 0 Å². The van der Waals surface area contributed by atoms with Crippen molar-refractivity contribution in [1.82, 2.24) is 4.90 Å². The van der Waals surface area contributed by atoms with Gasteiger partial charge in [-0.25, -0.2) is 4.39 Å². The number of rotatable bonds is 4. The van der Waals surface area contributed by atoms with E-state index < -0.39 is 17.3 Å². The van der Waals surface area contributed by atoms with Crippen molar-refractivity contribution in [1.29, 1.82) is 0 Å². The van der Waals surface area contributed by atoms with E-state index in [2.05, 4.69) is 0 Å². The minimum atomic E-state index is -1.20. The number of benzene rings is 1. The quantitative estimate of drug-likeness (QED) is 0.867. The van der Waals surface area contributed by atoms with Gasteiger partial charge in [0.05, 0.1) is 13.2 Å². The van der Waals surface area contributed by atoms with Crippen LogP contribution in [0.3, 0.4) is 0 Å². The Hall–Kier alpha value is -2.15. The number of hydrogen-bond donors (Lipinski definition) is 1. The van der Waals surface area contributed by atoms with E-state index in [1.165, 1.54) is 30.0 Å². The van der Waals surface area contributed by atoms with Crippen LogP contribution in [0, 0.1) is 5.82 Å². The number of morpholine rings is 1. The van der Waals surface area contributed by atoms with Crippen molar-refractivity contribution in [3.05, 3.63) is 30.1 Å². The van der Waals surface area contributed by atoms with Crippen molar-refractivity contribution < 1.29 is 23.5 Å². The molecule has 1 aliphatic heterocycles. The van der Waals surface area contributed by atoms with Crippen LogP contribution in [0.15, 0.2) is 24.3 Å². The van der Waals surface area contributed by atoms with E-state index in [1.807, 2.05) is 0 Å². The summed E-state index contributed by atoms with van der Waals surface area (Å²) in [6.07, 6.45) is 0. The third kappa shape index (κ3) is 3.49. The summed E-state index contributed by atoms with van der Waals surface area (Å²) in [5, 5.41) is 0. The average molecular weight is 296 g/mol. The van der Waals surface area contributed by atoms with Crippen LogP contribution in [0.5, 0.6) is 5.75 Å². The molecular weight excluding hydrogens is 279 g/mol. The SMILES string of the molecule is C[C@]1(C(N)=O)CN(C(=O)COc2ccccc2F)CCO1. The van der Waals surface area contributed by atoms with Gasteiger partial charge in [0.2, 0.25) is 0 Å². The number of carbonyl (C=O) groups excluding carboxylic acids is 2. The molecule has 1 aromatic carbocycles. The fraction of sp³-hybridized carbons (Fsp3) is 0.429. The first kappa shape index (κ1) is 15.2. The van der Waals surface area contributed by atoms with Gasteiger partial charge in [-0.05, 0) is 19.1 Å². The van der Waals surface area contributed by atoms with Crippen LogP contribution in [0.4, 0.5) is 4.39 Å². The molecule has 0 aromatic heterocycles. The summed E-state index contributed by atoms with van der Waals surface area (Å²) < 4.78 is 23.9. The molecule has 0 spiro atoms. The molecule has 1 fully saturated rings. The second-order valence-corrected chi connectivity index (χ2v) is 4.98. The lowest BCUT2D eigenvalue weighted by molar-refractivity contribution is -0.161. The Bertz CT molecular complexity index is 552. The fourth-order valence-electron chi connectivity index (χ4n) is 2.02. The summed E-state index contributed by atoms with van der Waals surface area (Å²) in [5.74, 6) is -1.50. The summed E-state index contributed by atoms with van der Waals surface area (Å²) in [6, 6.07) is 5.83. The van der Waals surface area contributed by atoms with Crippen molar-refractivity contribution in [2.75, 3.05) is 26.3 Å². The zero-order valence-corrected chi connectivity index (χ0v) is 11.7. The van der Waals surface area contributed by atoms with Gasteiger partial charge < -0.3 is 20.1 Å². The third-order valence-corrected chi connectivity index (χ3v) is 3.34. The zero-order chi connectivity index (χ0) is 15.5. The lowest BCUT2D eigenvalue weighted by Gasteiger charge is -2.38. The van der Waals surface area contributed by atoms with Gasteiger partial charge in [-0.3, -0.25) is 9.59 Å². The van der Waals surface area contributed by atoms with Crippen LogP contribution in [0.2, 0.25) is 0 Å². The van der Waals surface area contributed by atoms with Crippen molar-refractivity contribution in [3.63, 3.8) is 0 Å². The molecule has 114 valence electrons. The Morgan fingerprint density at radius 2 is 2.19 bits per heavy atom. The molecule has 0 radical (unpaired) electrons. The topological polar surface area (TPSA) is 81.9 Å². The Morgan fingerprint density at radius 1 is 1.48 bits per heavy atom. The Morgan fingerprint density at radius 3 is 2.86 bits per heavy atom. The van der Waals surface area contributed by atoms with Gasteiger partial charge in [0.25, 0.3) is 11.8 Å². The molecule has 0 aliphatic carbocycles. The molecule has 6 nitrogen and oxygen atoms in total. The van der Waals surface area contributed by atoms with E-state index >= 15 is 0 Å². The first-order valence-electron chi connectivity index (χ1n) is 6.51. The summed E-state index contributed by atoms with van der Waals surface area (Å²) >= 11 is 0. The largest absolute Gasteiger partial charge is 0.481 e. The number of para-hydroxylation sites is 1. The van der Waals surface area contributed by atoms with Crippen LogP contribution in [-0.4, -0.2) is 48.6 Å². The molecule has 7 heteroatoms. The van der Waals surface area contributed by atoms with Crippen LogP contribution < -0.4 is 10.5 Å². The lowest BCUT2D eigenvalue weighted by atomic mass is 10.0. The molecule has 1 atom stereocenters. The second kappa shape index (κ2) is 6.09. The number of carbonyl (C=O) groups is 2. The van der Waals surface area contributed by atoms with E-state index in [1.54, 1.807) is 6.07 Å². The Balaban J connectivity index is 1.94. The number of halogens is 1.